The average molecular weight is 345 g/mol. The first-order valence-corrected chi connectivity index (χ1v) is 9.75. The summed E-state index contributed by atoms with van der Waals surface area (Å²) in [5, 5.41) is 3.84. The maximum atomic E-state index is 11.9. The molecule has 122 valence electrons. The summed E-state index contributed by atoms with van der Waals surface area (Å²) in [5.41, 5.74) is 0. The first-order chi connectivity index (χ1) is 10.5. The molecule has 3 rings (SSSR count). The van der Waals surface area contributed by atoms with Crippen LogP contribution in [0.25, 0.3) is 0 Å². The fourth-order valence-electron chi connectivity index (χ4n) is 2.70. The van der Waals surface area contributed by atoms with Gasteiger partial charge in [0.1, 0.15) is 16.8 Å². The van der Waals surface area contributed by atoms with E-state index in [1.54, 1.807) is 17.3 Å². The fraction of sp³-hybridized carbons (Fsp3) is 0.714. The standard InChI is InChI=1S/C14H21ClN4O2S/c1-2-22(20,21)19-7-5-11(6-8-19)16-13-9-12(15)17-14(18-13)10-3-4-10/h9-11H,2-8H2,1H3,(H,16,17,18). The quantitative estimate of drug-likeness (QED) is 0.829. The molecule has 0 unspecified atom stereocenters. The maximum absolute atomic E-state index is 11.9. The third kappa shape index (κ3) is 3.70. The molecule has 2 aliphatic rings. The molecule has 1 aromatic heterocycles. The number of anilines is 1. The summed E-state index contributed by atoms with van der Waals surface area (Å²) < 4.78 is 25.3. The summed E-state index contributed by atoms with van der Waals surface area (Å²) in [6.07, 6.45) is 3.82. The Hall–Kier alpha value is -0.920. The van der Waals surface area contributed by atoms with Gasteiger partial charge in [-0.15, -0.1) is 0 Å². The van der Waals surface area contributed by atoms with Crippen molar-refractivity contribution in [2.75, 3.05) is 24.2 Å². The molecule has 1 saturated carbocycles. The number of rotatable bonds is 5. The molecule has 0 bridgehead atoms. The number of aromatic nitrogens is 2. The van der Waals surface area contributed by atoms with Gasteiger partial charge in [-0.25, -0.2) is 22.7 Å². The summed E-state index contributed by atoms with van der Waals surface area (Å²) in [4.78, 5) is 8.81. The van der Waals surface area contributed by atoms with Crippen LogP contribution in [0.1, 0.15) is 44.3 Å². The average Bonchev–Trinajstić information content (AvgIpc) is 3.32. The van der Waals surface area contributed by atoms with Crippen LogP contribution < -0.4 is 5.32 Å². The van der Waals surface area contributed by atoms with Crippen LogP contribution in [0.4, 0.5) is 5.82 Å². The van der Waals surface area contributed by atoms with Crippen molar-refractivity contribution in [2.24, 2.45) is 0 Å². The van der Waals surface area contributed by atoms with Crippen molar-refractivity contribution in [3.8, 4) is 0 Å². The Morgan fingerprint density at radius 1 is 1.27 bits per heavy atom. The number of halogens is 1. The summed E-state index contributed by atoms with van der Waals surface area (Å²) in [5.74, 6) is 2.19. The van der Waals surface area contributed by atoms with E-state index < -0.39 is 10.0 Å². The van der Waals surface area contributed by atoms with Crippen molar-refractivity contribution in [3.05, 3.63) is 17.0 Å². The molecule has 0 radical (unpaired) electrons. The van der Waals surface area contributed by atoms with Crippen molar-refractivity contribution in [2.45, 2.75) is 44.6 Å². The zero-order valence-corrected chi connectivity index (χ0v) is 14.2. The van der Waals surface area contributed by atoms with Gasteiger partial charge in [-0.05, 0) is 32.6 Å². The van der Waals surface area contributed by atoms with Crippen LogP contribution in [0.15, 0.2) is 6.07 Å². The Labute approximate surface area is 136 Å². The zero-order valence-electron chi connectivity index (χ0n) is 12.6. The van der Waals surface area contributed by atoms with Crippen LogP contribution in [0.3, 0.4) is 0 Å². The van der Waals surface area contributed by atoms with E-state index in [1.165, 1.54) is 0 Å². The van der Waals surface area contributed by atoms with E-state index >= 15 is 0 Å². The van der Waals surface area contributed by atoms with Crippen LogP contribution in [0.5, 0.6) is 0 Å². The highest BCUT2D eigenvalue weighted by molar-refractivity contribution is 7.89. The minimum absolute atomic E-state index is 0.164. The number of sulfonamides is 1. The largest absolute Gasteiger partial charge is 0.367 e. The van der Waals surface area contributed by atoms with Crippen LogP contribution in [-0.2, 0) is 10.0 Å². The second kappa shape index (κ2) is 6.29. The van der Waals surface area contributed by atoms with Gasteiger partial charge in [0.05, 0.1) is 5.75 Å². The highest BCUT2D eigenvalue weighted by atomic mass is 35.5. The second-order valence-electron chi connectivity index (χ2n) is 5.93. The minimum atomic E-state index is -3.08. The molecule has 1 N–H and O–H groups in total. The first kappa shape index (κ1) is 16.0. The van der Waals surface area contributed by atoms with E-state index in [-0.39, 0.29) is 11.8 Å². The molecule has 0 spiro atoms. The van der Waals surface area contributed by atoms with Gasteiger partial charge in [0.15, 0.2) is 0 Å². The van der Waals surface area contributed by atoms with Crippen LogP contribution in [0, 0.1) is 0 Å². The van der Waals surface area contributed by atoms with Crippen LogP contribution in [0.2, 0.25) is 5.15 Å². The van der Waals surface area contributed by atoms with E-state index in [2.05, 4.69) is 15.3 Å². The molecular weight excluding hydrogens is 324 g/mol. The van der Waals surface area contributed by atoms with E-state index in [9.17, 15) is 8.42 Å². The third-order valence-electron chi connectivity index (χ3n) is 4.22. The lowest BCUT2D eigenvalue weighted by Gasteiger charge is -2.31. The Morgan fingerprint density at radius 2 is 1.95 bits per heavy atom. The molecule has 1 saturated heterocycles. The van der Waals surface area contributed by atoms with Crippen molar-refractivity contribution in [1.29, 1.82) is 0 Å². The number of piperidine rings is 1. The summed E-state index contributed by atoms with van der Waals surface area (Å²) in [7, 11) is -3.08. The number of hydrogen-bond acceptors (Lipinski definition) is 5. The molecule has 2 fully saturated rings. The predicted molar refractivity (Wildman–Crippen MR) is 86.7 cm³/mol. The molecule has 1 aromatic rings. The smallest absolute Gasteiger partial charge is 0.213 e. The van der Waals surface area contributed by atoms with Crippen molar-refractivity contribution < 1.29 is 8.42 Å². The van der Waals surface area contributed by atoms with Crippen molar-refractivity contribution in [3.63, 3.8) is 0 Å². The Balaban J connectivity index is 1.61. The summed E-state index contributed by atoms with van der Waals surface area (Å²) in [6, 6.07) is 1.96. The van der Waals surface area contributed by atoms with Gasteiger partial charge >= 0.3 is 0 Å². The van der Waals surface area contributed by atoms with Gasteiger partial charge in [0.25, 0.3) is 0 Å². The zero-order chi connectivity index (χ0) is 15.7. The SMILES string of the molecule is CCS(=O)(=O)N1CCC(Nc2cc(Cl)nc(C3CC3)n2)CC1. The Kier molecular flexibility index (Phi) is 4.56. The van der Waals surface area contributed by atoms with Gasteiger partial charge in [0, 0.05) is 31.1 Å². The molecule has 0 amide bonds. The number of nitrogens with zero attached hydrogens (tertiary/aromatic N) is 3. The Morgan fingerprint density at radius 3 is 2.55 bits per heavy atom. The maximum Gasteiger partial charge on any atom is 0.213 e. The second-order valence-corrected chi connectivity index (χ2v) is 8.57. The lowest BCUT2D eigenvalue weighted by Crippen LogP contribution is -2.43. The number of nitrogens with one attached hydrogen (secondary N) is 1. The third-order valence-corrected chi connectivity index (χ3v) is 6.29. The molecule has 1 aliphatic carbocycles. The number of hydrogen-bond donors (Lipinski definition) is 1. The predicted octanol–water partition coefficient (Wildman–Crippen LogP) is 2.23. The topological polar surface area (TPSA) is 75.2 Å². The van der Waals surface area contributed by atoms with Gasteiger partial charge < -0.3 is 5.32 Å². The molecule has 0 aromatic carbocycles. The molecular formula is C14H21ClN4O2S. The van der Waals surface area contributed by atoms with Gasteiger partial charge in [-0.3, -0.25) is 0 Å². The minimum Gasteiger partial charge on any atom is -0.367 e. The molecule has 22 heavy (non-hydrogen) atoms. The van der Waals surface area contributed by atoms with Crippen LogP contribution >= 0.6 is 11.6 Å². The molecule has 2 heterocycles. The first-order valence-electron chi connectivity index (χ1n) is 7.77. The van der Waals surface area contributed by atoms with Crippen LogP contribution in [-0.4, -0.2) is 47.6 Å². The molecule has 1 aliphatic heterocycles. The van der Waals surface area contributed by atoms with Gasteiger partial charge in [-0.1, -0.05) is 11.6 Å². The van der Waals surface area contributed by atoms with E-state index in [0.29, 0.717) is 24.2 Å². The van der Waals surface area contributed by atoms with Gasteiger partial charge in [-0.2, -0.15) is 0 Å². The fourth-order valence-corrected chi connectivity index (χ4v) is 4.03. The van der Waals surface area contributed by atoms with E-state index in [1.807, 2.05) is 0 Å². The van der Waals surface area contributed by atoms with E-state index in [0.717, 1.165) is 37.3 Å². The normalized spacial score (nSPS) is 21.0. The Bertz CT molecular complexity index is 640. The summed E-state index contributed by atoms with van der Waals surface area (Å²) in [6.45, 7) is 2.80. The van der Waals surface area contributed by atoms with Crippen molar-refractivity contribution >= 4 is 27.4 Å². The highest BCUT2D eigenvalue weighted by Crippen LogP contribution is 2.38. The highest BCUT2D eigenvalue weighted by Gasteiger charge is 2.29. The van der Waals surface area contributed by atoms with Gasteiger partial charge in [0.2, 0.25) is 10.0 Å². The van der Waals surface area contributed by atoms with E-state index in [4.69, 9.17) is 11.6 Å². The molecule has 6 nitrogen and oxygen atoms in total. The molecule has 0 atom stereocenters. The summed E-state index contributed by atoms with van der Waals surface area (Å²) >= 11 is 6.06. The molecule has 8 heteroatoms. The monoisotopic (exact) mass is 344 g/mol. The van der Waals surface area contributed by atoms with Crippen molar-refractivity contribution in [1.82, 2.24) is 14.3 Å². The lowest BCUT2D eigenvalue weighted by molar-refractivity contribution is 0.330. The lowest BCUT2D eigenvalue weighted by atomic mass is 10.1.